The fourth-order valence-electron chi connectivity index (χ4n) is 2.45. The van der Waals surface area contributed by atoms with E-state index in [0.717, 1.165) is 41.6 Å². The monoisotopic (exact) mass is 266 g/mol. The third kappa shape index (κ3) is 2.38. The Morgan fingerprint density at radius 3 is 2.89 bits per heavy atom. The number of hydrogen-bond donors (Lipinski definition) is 2. The number of aryl methyl sites for hydroxylation is 1. The molecule has 1 aromatic rings. The van der Waals surface area contributed by atoms with Gasteiger partial charge in [-0.25, -0.2) is 0 Å². The fraction of sp³-hybridized carbons (Fsp3) is 0.500. The summed E-state index contributed by atoms with van der Waals surface area (Å²) in [5.74, 6) is 0.0623. The Morgan fingerprint density at radius 1 is 1.50 bits per heavy atom. The van der Waals surface area contributed by atoms with Crippen LogP contribution >= 0.6 is 11.6 Å². The molecule has 0 spiro atoms. The Balaban J connectivity index is 2.46. The molecule has 2 rings (SSSR count). The van der Waals surface area contributed by atoms with E-state index in [1.165, 1.54) is 0 Å². The molecule has 3 N–H and O–H groups in total. The zero-order valence-electron chi connectivity index (χ0n) is 10.8. The molecule has 98 valence electrons. The lowest BCUT2D eigenvalue weighted by Gasteiger charge is -2.23. The molecule has 0 saturated heterocycles. The predicted molar refractivity (Wildman–Crippen MR) is 75.0 cm³/mol. The van der Waals surface area contributed by atoms with Gasteiger partial charge in [0.2, 0.25) is 5.91 Å². The molecule has 1 aliphatic rings. The molecule has 1 aliphatic heterocycles. The largest absolute Gasteiger partial charge is 0.326 e. The van der Waals surface area contributed by atoms with Crippen LogP contribution in [0.4, 0.5) is 5.69 Å². The number of carbonyl (C=O) groups excluding carboxylic acids is 1. The number of fused-ring (bicyclic) bond motifs is 1. The van der Waals surface area contributed by atoms with E-state index in [-0.39, 0.29) is 11.9 Å². The van der Waals surface area contributed by atoms with Crippen molar-refractivity contribution < 1.29 is 4.79 Å². The van der Waals surface area contributed by atoms with E-state index in [2.05, 4.69) is 18.3 Å². The molecule has 1 amide bonds. The molecular weight excluding hydrogens is 248 g/mol. The van der Waals surface area contributed by atoms with Crippen LogP contribution in [0.25, 0.3) is 0 Å². The van der Waals surface area contributed by atoms with Crippen LogP contribution in [0.1, 0.15) is 48.9 Å². The van der Waals surface area contributed by atoms with E-state index >= 15 is 0 Å². The van der Waals surface area contributed by atoms with Crippen molar-refractivity contribution in [2.45, 2.75) is 45.6 Å². The van der Waals surface area contributed by atoms with Gasteiger partial charge in [0.15, 0.2) is 0 Å². The highest BCUT2D eigenvalue weighted by Gasteiger charge is 2.22. The summed E-state index contributed by atoms with van der Waals surface area (Å²) >= 11 is 6.38. The lowest BCUT2D eigenvalue weighted by Crippen LogP contribution is -2.21. The third-order valence-electron chi connectivity index (χ3n) is 3.49. The van der Waals surface area contributed by atoms with Gasteiger partial charge in [-0.05, 0) is 36.5 Å². The van der Waals surface area contributed by atoms with Gasteiger partial charge in [0.1, 0.15) is 0 Å². The SMILES string of the molecule is CCCC(N)c1cc2c(c(C)c1Cl)NC(=O)CC2. The molecule has 3 nitrogen and oxygen atoms in total. The van der Waals surface area contributed by atoms with Gasteiger partial charge in [0.05, 0.1) is 5.02 Å². The van der Waals surface area contributed by atoms with Crippen molar-refractivity contribution in [3.8, 4) is 0 Å². The zero-order chi connectivity index (χ0) is 13.3. The molecule has 1 heterocycles. The second kappa shape index (κ2) is 5.29. The molecule has 0 bridgehead atoms. The summed E-state index contributed by atoms with van der Waals surface area (Å²) in [6.45, 7) is 4.05. The number of halogens is 1. The van der Waals surface area contributed by atoms with Gasteiger partial charge >= 0.3 is 0 Å². The van der Waals surface area contributed by atoms with E-state index in [1.54, 1.807) is 0 Å². The molecule has 1 unspecified atom stereocenters. The van der Waals surface area contributed by atoms with E-state index in [1.807, 2.05) is 6.92 Å². The van der Waals surface area contributed by atoms with Crippen LogP contribution in [-0.4, -0.2) is 5.91 Å². The van der Waals surface area contributed by atoms with Crippen LogP contribution in [0, 0.1) is 6.92 Å². The molecule has 0 aliphatic carbocycles. The number of anilines is 1. The molecule has 0 saturated carbocycles. The number of nitrogens with two attached hydrogens (primary N) is 1. The number of rotatable bonds is 3. The van der Waals surface area contributed by atoms with Crippen molar-refractivity contribution >= 4 is 23.2 Å². The smallest absolute Gasteiger partial charge is 0.224 e. The lowest BCUT2D eigenvalue weighted by molar-refractivity contribution is -0.116. The summed E-state index contributed by atoms with van der Waals surface area (Å²) in [5.41, 5.74) is 10.1. The molecule has 18 heavy (non-hydrogen) atoms. The quantitative estimate of drug-likeness (QED) is 0.882. The number of amides is 1. The Kier molecular flexibility index (Phi) is 3.93. The summed E-state index contributed by atoms with van der Waals surface area (Å²) < 4.78 is 0. The number of hydrogen-bond acceptors (Lipinski definition) is 2. The molecule has 4 heteroatoms. The molecule has 0 aromatic heterocycles. The first kappa shape index (κ1) is 13.4. The summed E-state index contributed by atoms with van der Waals surface area (Å²) in [7, 11) is 0. The Labute approximate surface area is 113 Å². The predicted octanol–water partition coefficient (Wildman–Crippen LogP) is 3.33. The molecular formula is C14H19ClN2O. The van der Waals surface area contributed by atoms with Crippen LogP contribution in [0.3, 0.4) is 0 Å². The average Bonchev–Trinajstić information content (AvgIpc) is 2.34. The van der Waals surface area contributed by atoms with Crippen LogP contribution < -0.4 is 11.1 Å². The standard InChI is InChI=1S/C14H19ClN2O/c1-3-4-11(16)10-7-9-5-6-12(18)17-14(9)8(2)13(10)15/h7,11H,3-6,16H2,1-2H3,(H,17,18). The van der Waals surface area contributed by atoms with E-state index in [0.29, 0.717) is 11.4 Å². The van der Waals surface area contributed by atoms with E-state index < -0.39 is 0 Å². The second-order valence-corrected chi connectivity index (χ2v) is 5.26. The van der Waals surface area contributed by atoms with Crippen LogP contribution in [-0.2, 0) is 11.2 Å². The van der Waals surface area contributed by atoms with Gasteiger partial charge in [-0.15, -0.1) is 0 Å². The highest BCUT2D eigenvalue weighted by molar-refractivity contribution is 6.32. The highest BCUT2D eigenvalue weighted by atomic mass is 35.5. The Morgan fingerprint density at radius 2 is 2.22 bits per heavy atom. The van der Waals surface area contributed by atoms with Crippen molar-refractivity contribution in [2.75, 3.05) is 5.32 Å². The van der Waals surface area contributed by atoms with Gasteiger partial charge in [0.25, 0.3) is 0 Å². The maximum absolute atomic E-state index is 11.4. The Hall–Kier alpha value is -1.06. The van der Waals surface area contributed by atoms with Crippen molar-refractivity contribution in [3.05, 3.63) is 27.8 Å². The van der Waals surface area contributed by atoms with Crippen molar-refractivity contribution in [1.82, 2.24) is 0 Å². The van der Waals surface area contributed by atoms with E-state index in [4.69, 9.17) is 17.3 Å². The van der Waals surface area contributed by atoms with Gasteiger partial charge in [0, 0.05) is 18.2 Å². The molecule has 0 radical (unpaired) electrons. The van der Waals surface area contributed by atoms with Gasteiger partial charge < -0.3 is 11.1 Å². The number of benzene rings is 1. The van der Waals surface area contributed by atoms with Crippen molar-refractivity contribution in [1.29, 1.82) is 0 Å². The zero-order valence-corrected chi connectivity index (χ0v) is 11.6. The van der Waals surface area contributed by atoms with Crippen LogP contribution in [0.5, 0.6) is 0 Å². The topological polar surface area (TPSA) is 55.1 Å². The lowest BCUT2D eigenvalue weighted by atomic mass is 9.92. The Bertz CT molecular complexity index is 485. The number of nitrogens with one attached hydrogen (secondary N) is 1. The minimum absolute atomic E-state index is 0.0240. The maximum Gasteiger partial charge on any atom is 0.224 e. The first-order valence-corrected chi connectivity index (χ1v) is 6.79. The van der Waals surface area contributed by atoms with Gasteiger partial charge in [-0.3, -0.25) is 4.79 Å². The normalized spacial score (nSPS) is 16.1. The highest BCUT2D eigenvalue weighted by Crippen LogP contribution is 2.37. The van der Waals surface area contributed by atoms with E-state index in [9.17, 15) is 4.79 Å². The number of carbonyl (C=O) groups is 1. The van der Waals surface area contributed by atoms with Crippen LogP contribution in [0.2, 0.25) is 5.02 Å². The average molecular weight is 267 g/mol. The fourth-order valence-corrected chi connectivity index (χ4v) is 2.74. The second-order valence-electron chi connectivity index (χ2n) is 4.88. The van der Waals surface area contributed by atoms with Gasteiger partial charge in [-0.2, -0.15) is 0 Å². The maximum atomic E-state index is 11.4. The summed E-state index contributed by atoms with van der Waals surface area (Å²) in [6, 6.07) is 2.04. The first-order valence-electron chi connectivity index (χ1n) is 6.41. The van der Waals surface area contributed by atoms with Gasteiger partial charge in [-0.1, -0.05) is 31.0 Å². The van der Waals surface area contributed by atoms with Crippen LogP contribution in [0.15, 0.2) is 6.07 Å². The minimum atomic E-state index is -0.0240. The minimum Gasteiger partial charge on any atom is -0.326 e. The van der Waals surface area contributed by atoms with Crippen molar-refractivity contribution in [2.24, 2.45) is 5.73 Å². The first-order chi connectivity index (χ1) is 8.54. The molecule has 1 atom stereocenters. The molecule has 1 aromatic carbocycles. The third-order valence-corrected chi connectivity index (χ3v) is 4.00. The summed E-state index contributed by atoms with van der Waals surface area (Å²) in [4.78, 5) is 11.4. The summed E-state index contributed by atoms with van der Waals surface area (Å²) in [6.07, 6.45) is 3.26. The summed E-state index contributed by atoms with van der Waals surface area (Å²) in [5, 5.41) is 3.59. The molecule has 0 fully saturated rings. The van der Waals surface area contributed by atoms with Crippen molar-refractivity contribution in [3.63, 3.8) is 0 Å².